The van der Waals surface area contributed by atoms with Gasteiger partial charge in [0.15, 0.2) is 0 Å². The second-order valence-corrected chi connectivity index (χ2v) is 6.88. The molecule has 0 saturated carbocycles. The summed E-state index contributed by atoms with van der Waals surface area (Å²) >= 11 is 9.57. The molecule has 4 nitrogen and oxygen atoms in total. The first-order valence-corrected chi connectivity index (χ1v) is 8.22. The zero-order valence-electron chi connectivity index (χ0n) is 12.3. The van der Waals surface area contributed by atoms with Crippen molar-refractivity contribution in [3.63, 3.8) is 0 Å². The highest BCUT2D eigenvalue weighted by Crippen LogP contribution is 2.34. The number of benzene rings is 2. The molecule has 0 radical (unpaired) electrons. The zero-order chi connectivity index (χ0) is 16.6. The van der Waals surface area contributed by atoms with E-state index in [4.69, 9.17) is 11.6 Å². The second-order valence-electron chi connectivity index (χ2n) is 5.55. The fourth-order valence-electron chi connectivity index (χ4n) is 2.66. The third-order valence-electron chi connectivity index (χ3n) is 3.94. The monoisotopic (exact) mass is 392 g/mol. The Bertz CT molecular complexity index is 778. The van der Waals surface area contributed by atoms with Gasteiger partial charge in [-0.25, -0.2) is 4.79 Å². The molecule has 1 aliphatic rings. The maximum Gasteiger partial charge on any atom is 0.325 e. The molecule has 118 valence electrons. The Hall–Kier alpha value is -1.85. The van der Waals surface area contributed by atoms with Gasteiger partial charge in [0, 0.05) is 15.1 Å². The van der Waals surface area contributed by atoms with Crippen LogP contribution in [0.1, 0.15) is 18.1 Å². The van der Waals surface area contributed by atoms with Gasteiger partial charge < -0.3 is 5.32 Å². The fraction of sp³-hybridized carbons (Fsp3) is 0.176. The summed E-state index contributed by atoms with van der Waals surface area (Å²) in [6, 6.07) is 14.1. The molecule has 1 aliphatic heterocycles. The van der Waals surface area contributed by atoms with E-state index in [0.29, 0.717) is 10.6 Å². The predicted octanol–water partition coefficient (Wildman–Crippen LogP) is 4.07. The third kappa shape index (κ3) is 2.86. The van der Waals surface area contributed by atoms with Crippen LogP contribution in [0.3, 0.4) is 0 Å². The molecule has 3 rings (SSSR count). The van der Waals surface area contributed by atoms with Crippen molar-refractivity contribution in [2.45, 2.75) is 19.0 Å². The van der Waals surface area contributed by atoms with Gasteiger partial charge in [-0.3, -0.25) is 9.69 Å². The first kappa shape index (κ1) is 16.0. The van der Waals surface area contributed by atoms with Crippen LogP contribution < -0.4 is 5.32 Å². The minimum Gasteiger partial charge on any atom is -0.319 e. The molecule has 2 aromatic carbocycles. The molecule has 6 heteroatoms. The quantitative estimate of drug-likeness (QED) is 0.799. The number of nitrogens with one attached hydrogen (secondary N) is 1. The zero-order valence-corrected chi connectivity index (χ0v) is 14.7. The molecule has 0 spiro atoms. The van der Waals surface area contributed by atoms with Crippen molar-refractivity contribution in [2.75, 3.05) is 0 Å². The first-order valence-electron chi connectivity index (χ1n) is 7.05. The van der Waals surface area contributed by atoms with Gasteiger partial charge in [-0.1, -0.05) is 57.9 Å². The van der Waals surface area contributed by atoms with Gasteiger partial charge >= 0.3 is 6.03 Å². The first-order chi connectivity index (χ1) is 10.9. The van der Waals surface area contributed by atoms with Crippen LogP contribution in [-0.2, 0) is 16.9 Å². The molecule has 3 amide bonds. The fourth-order valence-corrected chi connectivity index (χ4v) is 3.25. The molecule has 1 saturated heterocycles. The largest absolute Gasteiger partial charge is 0.325 e. The maximum absolute atomic E-state index is 12.8. The van der Waals surface area contributed by atoms with Crippen LogP contribution in [0.2, 0.25) is 5.02 Å². The summed E-state index contributed by atoms with van der Waals surface area (Å²) in [6.45, 7) is 1.90. The Morgan fingerprint density at radius 2 is 1.78 bits per heavy atom. The van der Waals surface area contributed by atoms with E-state index in [-0.39, 0.29) is 12.5 Å². The number of carbonyl (C=O) groups excluding carboxylic acids is 2. The van der Waals surface area contributed by atoms with Crippen molar-refractivity contribution in [3.05, 3.63) is 69.2 Å². The summed E-state index contributed by atoms with van der Waals surface area (Å²) in [7, 11) is 0. The van der Waals surface area contributed by atoms with Crippen LogP contribution >= 0.6 is 27.5 Å². The van der Waals surface area contributed by atoms with Crippen LogP contribution in [-0.4, -0.2) is 16.8 Å². The second kappa shape index (κ2) is 5.98. The molecule has 1 N–H and O–H groups in total. The molecular formula is C17H14BrClN2O2. The van der Waals surface area contributed by atoms with Crippen molar-refractivity contribution in [1.29, 1.82) is 0 Å². The summed E-state index contributed by atoms with van der Waals surface area (Å²) in [6.07, 6.45) is 0. The smallest absolute Gasteiger partial charge is 0.319 e. The molecule has 1 atom stereocenters. The van der Waals surface area contributed by atoms with Gasteiger partial charge in [0.25, 0.3) is 5.91 Å². The Morgan fingerprint density at radius 1 is 1.13 bits per heavy atom. The lowest BCUT2D eigenvalue weighted by Crippen LogP contribution is -2.41. The molecule has 23 heavy (non-hydrogen) atoms. The number of hydrogen-bond acceptors (Lipinski definition) is 2. The molecule has 1 heterocycles. The van der Waals surface area contributed by atoms with Crippen molar-refractivity contribution >= 4 is 39.5 Å². The number of imide groups is 1. The average Bonchev–Trinajstić information content (AvgIpc) is 2.74. The molecule has 0 aromatic heterocycles. The van der Waals surface area contributed by atoms with Crippen molar-refractivity contribution in [2.24, 2.45) is 0 Å². The molecular weight excluding hydrogens is 380 g/mol. The van der Waals surface area contributed by atoms with Gasteiger partial charge in [0.05, 0.1) is 6.54 Å². The lowest BCUT2D eigenvalue weighted by Gasteiger charge is -2.23. The number of halogens is 2. The lowest BCUT2D eigenvalue weighted by molar-refractivity contribution is -0.131. The SMILES string of the molecule is C[C@]1(c2ccccc2Cl)NC(=O)N(Cc2ccc(Br)cc2)C1=O. The highest BCUT2D eigenvalue weighted by atomic mass is 79.9. The molecule has 2 aromatic rings. The number of hydrogen-bond donors (Lipinski definition) is 1. The summed E-state index contributed by atoms with van der Waals surface area (Å²) < 4.78 is 0.944. The number of carbonyl (C=O) groups is 2. The van der Waals surface area contributed by atoms with Crippen LogP contribution in [0, 0.1) is 0 Å². The minimum atomic E-state index is -1.15. The third-order valence-corrected chi connectivity index (χ3v) is 4.80. The van der Waals surface area contributed by atoms with Crippen molar-refractivity contribution in [3.8, 4) is 0 Å². The van der Waals surface area contributed by atoms with E-state index in [0.717, 1.165) is 10.0 Å². The lowest BCUT2D eigenvalue weighted by atomic mass is 9.92. The van der Waals surface area contributed by atoms with Gasteiger partial charge in [-0.2, -0.15) is 0 Å². The predicted molar refractivity (Wildman–Crippen MR) is 92.0 cm³/mol. The highest BCUT2D eigenvalue weighted by Gasteiger charge is 2.49. The van der Waals surface area contributed by atoms with Crippen LogP contribution in [0.15, 0.2) is 53.0 Å². The van der Waals surface area contributed by atoms with E-state index in [1.165, 1.54) is 4.90 Å². The molecule has 0 aliphatic carbocycles. The molecule has 0 unspecified atom stereocenters. The Morgan fingerprint density at radius 3 is 2.43 bits per heavy atom. The van der Waals surface area contributed by atoms with Crippen molar-refractivity contribution in [1.82, 2.24) is 10.2 Å². The van der Waals surface area contributed by atoms with Gasteiger partial charge in [0.1, 0.15) is 5.54 Å². The molecule has 0 bridgehead atoms. The summed E-state index contributed by atoms with van der Waals surface area (Å²) in [5, 5.41) is 3.22. The summed E-state index contributed by atoms with van der Waals surface area (Å²) in [5.41, 5.74) is 0.323. The van der Waals surface area contributed by atoms with Crippen molar-refractivity contribution < 1.29 is 9.59 Å². The number of nitrogens with zero attached hydrogens (tertiary/aromatic N) is 1. The van der Waals surface area contributed by atoms with Gasteiger partial charge in [-0.05, 0) is 30.7 Å². The summed E-state index contributed by atoms with van der Waals surface area (Å²) in [4.78, 5) is 26.3. The Balaban J connectivity index is 1.91. The summed E-state index contributed by atoms with van der Waals surface area (Å²) in [5.74, 6) is -0.307. The van der Waals surface area contributed by atoms with E-state index in [1.54, 1.807) is 31.2 Å². The normalized spacial score (nSPS) is 20.7. The van der Waals surface area contributed by atoms with Gasteiger partial charge in [0.2, 0.25) is 0 Å². The number of rotatable bonds is 3. The van der Waals surface area contributed by atoms with E-state index in [9.17, 15) is 9.59 Å². The number of amides is 3. The Labute approximate surface area is 147 Å². The van der Waals surface area contributed by atoms with E-state index >= 15 is 0 Å². The average molecular weight is 394 g/mol. The van der Waals surface area contributed by atoms with Gasteiger partial charge in [-0.15, -0.1) is 0 Å². The standard InChI is InChI=1S/C17H14BrClN2O2/c1-17(13-4-2-3-5-14(13)19)15(22)21(16(23)20-17)10-11-6-8-12(18)9-7-11/h2-9H,10H2,1H3,(H,20,23)/t17-/m1/s1. The van der Waals surface area contributed by atoms with E-state index < -0.39 is 11.6 Å². The van der Waals surface area contributed by atoms with E-state index in [2.05, 4.69) is 21.2 Å². The molecule has 1 fully saturated rings. The maximum atomic E-state index is 12.8. The Kier molecular flexibility index (Phi) is 4.17. The van der Waals surface area contributed by atoms with Crippen LogP contribution in [0.25, 0.3) is 0 Å². The van der Waals surface area contributed by atoms with Crippen LogP contribution in [0.5, 0.6) is 0 Å². The van der Waals surface area contributed by atoms with Crippen LogP contribution in [0.4, 0.5) is 4.79 Å². The van der Waals surface area contributed by atoms with E-state index in [1.807, 2.05) is 24.3 Å². The highest BCUT2D eigenvalue weighted by molar-refractivity contribution is 9.10. The minimum absolute atomic E-state index is 0.220. The number of urea groups is 1. The topological polar surface area (TPSA) is 49.4 Å².